The Morgan fingerprint density at radius 3 is 2.53 bits per heavy atom. The van der Waals surface area contributed by atoms with Crippen LogP contribution in [0.1, 0.15) is 17.0 Å². The van der Waals surface area contributed by atoms with Crippen molar-refractivity contribution in [3.05, 3.63) is 23.3 Å². The summed E-state index contributed by atoms with van der Waals surface area (Å²) < 4.78 is 10.5. The fourth-order valence-electron chi connectivity index (χ4n) is 1.99. The van der Waals surface area contributed by atoms with E-state index in [4.69, 9.17) is 9.47 Å². The average molecular weight is 205 g/mol. The van der Waals surface area contributed by atoms with Gasteiger partial charge in [0.1, 0.15) is 0 Å². The number of ether oxygens (including phenoxy) is 2. The maximum atomic E-state index is 5.26. The number of hydrogen-bond acceptors (Lipinski definition) is 3. The minimum absolute atomic E-state index is 0.449. The lowest BCUT2D eigenvalue weighted by molar-refractivity contribution is 0.353. The second kappa shape index (κ2) is 3.93. The summed E-state index contributed by atoms with van der Waals surface area (Å²) in [4.78, 5) is 4.06. The molecule has 0 aromatic heterocycles. The molecule has 0 amide bonds. The van der Waals surface area contributed by atoms with Crippen molar-refractivity contribution in [2.45, 2.75) is 12.3 Å². The number of hydrogen-bond donors (Lipinski definition) is 0. The molecule has 0 saturated carbocycles. The Morgan fingerprint density at radius 1 is 1.27 bits per heavy atom. The van der Waals surface area contributed by atoms with Gasteiger partial charge in [0.15, 0.2) is 11.5 Å². The molecule has 1 aromatic rings. The second-order valence-corrected chi connectivity index (χ2v) is 3.62. The maximum Gasteiger partial charge on any atom is 0.161 e. The highest BCUT2D eigenvalue weighted by Gasteiger charge is 2.26. The Hall–Kier alpha value is -1.51. The van der Waals surface area contributed by atoms with E-state index in [-0.39, 0.29) is 0 Å². The summed E-state index contributed by atoms with van der Waals surface area (Å²) in [5, 5.41) is 0. The third-order valence-corrected chi connectivity index (χ3v) is 2.81. The van der Waals surface area contributed by atoms with Crippen LogP contribution in [-0.2, 0) is 6.42 Å². The van der Waals surface area contributed by atoms with Crippen molar-refractivity contribution >= 4 is 6.21 Å². The molecule has 0 aliphatic heterocycles. The van der Waals surface area contributed by atoms with Gasteiger partial charge in [-0.1, -0.05) is 0 Å². The number of aliphatic imine (C=N–C) groups is 1. The molecule has 0 bridgehead atoms. The molecule has 1 atom stereocenters. The molecule has 0 radical (unpaired) electrons. The molecule has 0 saturated heterocycles. The van der Waals surface area contributed by atoms with Gasteiger partial charge in [-0.3, -0.25) is 0 Å². The highest BCUT2D eigenvalue weighted by Crippen LogP contribution is 2.41. The largest absolute Gasteiger partial charge is 0.493 e. The molecule has 0 unspecified atom stereocenters. The molecule has 3 nitrogen and oxygen atoms in total. The van der Waals surface area contributed by atoms with Crippen molar-refractivity contribution in [3.8, 4) is 11.5 Å². The minimum atomic E-state index is 0.449. The summed E-state index contributed by atoms with van der Waals surface area (Å²) >= 11 is 0. The van der Waals surface area contributed by atoms with Crippen molar-refractivity contribution in [1.82, 2.24) is 0 Å². The molecule has 0 N–H and O–H groups in total. The lowest BCUT2D eigenvalue weighted by Gasteiger charge is -2.28. The fraction of sp³-hybridized carbons (Fsp3) is 0.417. The van der Waals surface area contributed by atoms with Crippen LogP contribution in [0.25, 0.3) is 0 Å². The van der Waals surface area contributed by atoms with Crippen LogP contribution < -0.4 is 9.47 Å². The van der Waals surface area contributed by atoms with E-state index in [2.05, 4.69) is 4.99 Å². The van der Waals surface area contributed by atoms with Gasteiger partial charge < -0.3 is 14.5 Å². The van der Waals surface area contributed by atoms with Crippen LogP contribution in [0.5, 0.6) is 11.5 Å². The summed E-state index contributed by atoms with van der Waals surface area (Å²) in [6, 6.07) is 4.10. The van der Waals surface area contributed by atoms with Crippen LogP contribution in [0.15, 0.2) is 17.1 Å². The van der Waals surface area contributed by atoms with Gasteiger partial charge in [-0.15, -0.1) is 0 Å². The lowest BCUT2D eigenvalue weighted by Crippen LogP contribution is -2.18. The third kappa shape index (κ3) is 1.58. The maximum absolute atomic E-state index is 5.26. The molecule has 15 heavy (non-hydrogen) atoms. The molecule has 0 fully saturated rings. The van der Waals surface area contributed by atoms with Crippen LogP contribution >= 0.6 is 0 Å². The Balaban J connectivity index is 2.36. The first-order chi connectivity index (χ1) is 7.30. The zero-order valence-corrected chi connectivity index (χ0v) is 9.28. The van der Waals surface area contributed by atoms with Crippen LogP contribution in [0.3, 0.4) is 0 Å². The monoisotopic (exact) mass is 205 g/mol. The van der Waals surface area contributed by atoms with E-state index in [1.54, 1.807) is 21.3 Å². The van der Waals surface area contributed by atoms with Crippen LogP contribution in [0.4, 0.5) is 0 Å². The molecule has 1 aromatic carbocycles. The topological polar surface area (TPSA) is 30.8 Å². The summed E-state index contributed by atoms with van der Waals surface area (Å²) in [7, 11) is 5.12. The summed E-state index contributed by atoms with van der Waals surface area (Å²) in [6.07, 6.45) is 3.03. The smallest absolute Gasteiger partial charge is 0.161 e. The van der Waals surface area contributed by atoms with Gasteiger partial charge in [-0.2, -0.15) is 0 Å². The molecule has 2 rings (SSSR count). The fourth-order valence-corrected chi connectivity index (χ4v) is 1.99. The normalized spacial score (nSPS) is 18.5. The van der Waals surface area contributed by atoms with Crippen LogP contribution in [-0.4, -0.2) is 27.5 Å². The summed E-state index contributed by atoms with van der Waals surface area (Å²) in [5.74, 6) is 2.05. The summed E-state index contributed by atoms with van der Waals surface area (Å²) in [6.45, 7) is 0. The zero-order chi connectivity index (χ0) is 10.8. The molecule has 3 heteroatoms. The summed E-state index contributed by atoms with van der Waals surface area (Å²) in [5.41, 5.74) is 2.64. The number of methoxy groups -OCH3 is 2. The van der Waals surface area contributed by atoms with Crippen molar-refractivity contribution in [1.29, 1.82) is 0 Å². The molecule has 0 heterocycles. The van der Waals surface area contributed by atoms with Gasteiger partial charge >= 0.3 is 0 Å². The Kier molecular flexibility index (Phi) is 2.62. The van der Waals surface area contributed by atoms with Gasteiger partial charge in [0.25, 0.3) is 0 Å². The Bertz CT molecular complexity index is 399. The SMILES string of the molecule is C/N=C\[C@H]1Cc2cc(OC)c(OC)cc21. The molecule has 1 aliphatic rings. The van der Waals surface area contributed by atoms with Crippen LogP contribution in [0, 0.1) is 0 Å². The van der Waals surface area contributed by atoms with Gasteiger partial charge in [-0.25, -0.2) is 0 Å². The predicted molar refractivity (Wildman–Crippen MR) is 60.4 cm³/mol. The molecule has 0 spiro atoms. The Morgan fingerprint density at radius 2 is 1.93 bits per heavy atom. The van der Waals surface area contributed by atoms with E-state index in [0.717, 1.165) is 17.9 Å². The van der Waals surface area contributed by atoms with Crippen molar-refractivity contribution < 1.29 is 9.47 Å². The average Bonchev–Trinajstić information content (AvgIpc) is 2.25. The zero-order valence-electron chi connectivity index (χ0n) is 9.28. The van der Waals surface area contributed by atoms with Crippen molar-refractivity contribution in [2.24, 2.45) is 4.99 Å². The van der Waals surface area contributed by atoms with Crippen molar-refractivity contribution in [3.63, 3.8) is 0 Å². The number of benzene rings is 1. The van der Waals surface area contributed by atoms with E-state index in [1.807, 2.05) is 18.3 Å². The van der Waals surface area contributed by atoms with Crippen LogP contribution in [0.2, 0.25) is 0 Å². The van der Waals surface area contributed by atoms with E-state index in [9.17, 15) is 0 Å². The molecule has 80 valence electrons. The quantitative estimate of drug-likeness (QED) is 0.707. The first kappa shape index (κ1) is 10.0. The molecule has 1 aliphatic carbocycles. The van der Waals surface area contributed by atoms with Gasteiger partial charge in [0.05, 0.1) is 14.2 Å². The standard InChI is InChI=1S/C12H15NO2/c1-13-7-9-4-8-5-11(14-2)12(15-3)6-10(8)9/h5-7,9H,4H2,1-3H3/b13-7-/t9-/m1/s1. The number of nitrogens with zero attached hydrogens (tertiary/aromatic N) is 1. The van der Waals surface area contributed by atoms with E-state index < -0.39 is 0 Å². The Labute approximate surface area is 89.7 Å². The van der Waals surface area contributed by atoms with Crippen molar-refractivity contribution in [2.75, 3.05) is 21.3 Å². The van der Waals surface area contributed by atoms with E-state index in [1.165, 1.54) is 11.1 Å². The second-order valence-electron chi connectivity index (χ2n) is 3.62. The predicted octanol–water partition coefficient (Wildman–Crippen LogP) is 2.04. The number of fused-ring (bicyclic) bond motifs is 1. The highest BCUT2D eigenvalue weighted by atomic mass is 16.5. The molecular weight excluding hydrogens is 190 g/mol. The third-order valence-electron chi connectivity index (χ3n) is 2.81. The lowest BCUT2D eigenvalue weighted by atomic mass is 9.78. The number of rotatable bonds is 3. The van der Waals surface area contributed by atoms with Gasteiger partial charge in [-0.05, 0) is 29.7 Å². The van der Waals surface area contributed by atoms with E-state index >= 15 is 0 Å². The first-order valence-corrected chi connectivity index (χ1v) is 4.97. The van der Waals surface area contributed by atoms with Gasteiger partial charge in [0.2, 0.25) is 0 Å². The minimum Gasteiger partial charge on any atom is -0.493 e. The highest BCUT2D eigenvalue weighted by molar-refractivity contribution is 5.74. The first-order valence-electron chi connectivity index (χ1n) is 4.97. The molecular formula is C12H15NO2. The van der Waals surface area contributed by atoms with Gasteiger partial charge in [0, 0.05) is 19.2 Å². The van der Waals surface area contributed by atoms with E-state index in [0.29, 0.717) is 5.92 Å².